The molecule has 17 heavy (non-hydrogen) atoms. The Hall–Kier alpha value is -1.69. The number of carbonyl (C=O) groups excluding carboxylic acids is 2. The van der Waals surface area contributed by atoms with Gasteiger partial charge in [-0.3, -0.25) is 14.3 Å². The fourth-order valence-corrected chi connectivity index (χ4v) is 2.07. The molecule has 0 aromatic carbocycles. The molecule has 1 aromatic heterocycles. The Labute approximate surface area is 99.4 Å². The zero-order valence-electron chi connectivity index (χ0n) is 10.2. The van der Waals surface area contributed by atoms with Crippen LogP contribution >= 0.6 is 0 Å². The van der Waals surface area contributed by atoms with E-state index < -0.39 is 5.41 Å². The van der Waals surface area contributed by atoms with Crippen molar-refractivity contribution in [2.45, 2.75) is 26.8 Å². The summed E-state index contributed by atoms with van der Waals surface area (Å²) in [5, 5.41) is 4.04. The third-order valence-electron chi connectivity index (χ3n) is 3.04. The second-order valence-electron chi connectivity index (χ2n) is 4.92. The van der Waals surface area contributed by atoms with Gasteiger partial charge in [-0.25, -0.2) is 4.90 Å². The van der Waals surface area contributed by atoms with Crippen LogP contribution in [0.1, 0.15) is 25.8 Å². The molecule has 0 atom stereocenters. The van der Waals surface area contributed by atoms with Gasteiger partial charge >= 0.3 is 0 Å². The van der Waals surface area contributed by atoms with Gasteiger partial charge in [0.05, 0.1) is 11.6 Å². The third kappa shape index (κ3) is 1.64. The fourth-order valence-electron chi connectivity index (χ4n) is 2.07. The van der Waals surface area contributed by atoms with Gasteiger partial charge in [-0.1, -0.05) is 13.8 Å². The van der Waals surface area contributed by atoms with Gasteiger partial charge < -0.3 is 5.73 Å². The molecule has 1 fully saturated rings. The summed E-state index contributed by atoms with van der Waals surface area (Å²) in [5.74, 6) is 0.104. The molecule has 2 amide bonds. The standard InChI is InChI=1S/C11H16N4O2/c1-11(2)4-8(16)15(10(11)17)9-7(5-12)6-13-14(9)3/h6H,4-5,12H2,1-3H3. The Kier molecular flexibility index (Phi) is 2.54. The van der Waals surface area contributed by atoms with Gasteiger partial charge in [0, 0.05) is 25.6 Å². The molecule has 1 aromatic rings. The fraction of sp³-hybridized carbons (Fsp3) is 0.545. The van der Waals surface area contributed by atoms with Crippen molar-refractivity contribution in [1.29, 1.82) is 0 Å². The van der Waals surface area contributed by atoms with E-state index in [4.69, 9.17) is 5.73 Å². The number of imide groups is 1. The Bertz CT molecular complexity index is 490. The Morgan fingerprint density at radius 1 is 1.47 bits per heavy atom. The van der Waals surface area contributed by atoms with Gasteiger partial charge in [-0.2, -0.15) is 5.10 Å². The number of aromatic nitrogens is 2. The normalized spacial score (nSPS) is 19.2. The first-order valence-electron chi connectivity index (χ1n) is 5.47. The average Bonchev–Trinajstić information content (AvgIpc) is 2.68. The van der Waals surface area contributed by atoms with Gasteiger partial charge in [-0.15, -0.1) is 0 Å². The summed E-state index contributed by atoms with van der Waals surface area (Å²) >= 11 is 0. The molecule has 1 aliphatic heterocycles. The van der Waals surface area contributed by atoms with Crippen molar-refractivity contribution in [2.24, 2.45) is 18.2 Å². The Balaban J connectivity index is 2.51. The maximum absolute atomic E-state index is 12.2. The predicted molar refractivity (Wildman–Crippen MR) is 62.0 cm³/mol. The minimum absolute atomic E-state index is 0.194. The second kappa shape index (κ2) is 3.66. The summed E-state index contributed by atoms with van der Waals surface area (Å²) in [7, 11) is 1.69. The van der Waals surface area contributed by atoms with Crippen molar-refractivity contribution in [2.75, 3.05) is 4.90 Å². The zero-order chi connectivity index (χ0) is 12.8. The largest absolute Gasteiger partial charge is 0.326 e. The molecule has 0 aliphatic carbocycles. The number of hydrogen-bond donors (Lipinski definition) is 1. The Morgan fingerprint density at radius 3 is 2.59 bits per heavy atom. The van der Waals surface area contributed by atoms with Crippen LogP contribution in [0.4, 0.5) is 5.82 Å². The number of nitrogens with two attached hydrogens (primary N) is 1. The summed E-state index contributed by atoms with van der Waals surface area (Å²) in [6.45, 7) is 3.79. The lowest BCUT2D eigenvalue weighted by atomic mass is 9.92. The van der Waals surface area contributed by atoms with E-state index in [1.165, 1.54) is 9.58 Å². The monoisotopic (exact) mass is 236 g/mol. The molecular weight excluding hydrogens is 220 g/mol. The van der Waals surface area contributed by atoms with E-state index in [9.17, 15) is 9.59 Å². The topological polar surface area (TPSA) is 81.2 Å². The second-order valence-corrected chi connectivity index (χ2v) is 4.92. The number of anilines is 1. The van der Waals surface area contributed by atoms with Crippen LogP contribution in [0.5, 0.6) is 0 Å². The summed E-state index contributed by atoms with van der Waals surface area (Å²) in [4.78, 5) is 25.3. The van der Waals surface area contributed by atoms with Crippen LogP contribution in [0.15, 0.2) is 6.20 Å². The zero-order valence-corrected chi connectivity index (χ0v) is 10.2. The molecule has 0 bridgehead atoms. The molecule has 92 valence electrons. The highest BCUT2D eigenvalue weighted by Crippen LogP contribution is 2.35. The first kappa shape index (κ1) is 11.8. The highest BCUT2D eigenvalue weighted by molar-refractivity contribution is 6.22. The van der Waals surface area contributed by atoms with Crippen molar-refractivity contribution in [3.05, 3.63) is 11.8 Å². The van der Waals surface area contributed by atoms with Crippen LogP contribution in [0.3, 0.4) is 0 Å². The average molecular weight is 236 g/mol. The van der Waals surface area contributed by atoms with Crippen LogP contribution in [0, 0.1) is 5.41 Å². The van der Waals surface area contributed by atoms with Gasteiger partial charge in [0.25, 0.3) is 0 Å². The molecule has 1 saturated heterocycles. The molecule has 6 nitrogen and oxygen atoms in total. The minimum Gasteiger partial charge on any atom is -0.326 e. The van der Waals surface area contributed by atoms with E-state index in [1.807, 2.05) is 0 Å². The molecule has 2 rings (SSSR count). The predicted octanol–water partition coefficient (Wildman–Crippen LogP) is 0.168. The molecule has 1 aliphatic rings. The van der Waals surface area contributed by atoms with E-state index in [0.717, 1.165) is 0 Å². The van der Waals surface area contributed by atoms with Crippen molar-refractivity contribution >= 4 is 17.6 Å². The molecule has 0 spiro atoms. The highest BCUT2D eigenvalue weighted by Gasteiger charge is 2.47. The van der Waals surface area contributed by atoms with E-state index in [0.29, 0.717) is 11.4 Å². The summed E-state index contributed by atoms with van der Waals surface area (Å²) in [5.41, 5.74) is 5.64. The first-order chi connectivity index (χ1) is 7.88. The van der Waals surface area contributed by atoms with Crippen molar-refractivity contribution in [3.8, 4) is 0 Å². The van der Waals surface area contributed by atoms with Crippen LogP contribution < -0.4 is 10.6 Å². The minimum atomic E-state index is -0.646. The Morgan fingerprint density at radius 2 is 2.12 bits per heavy atom. The summed E-state index contributed by atoms with van der Waals surface area (Å²) in [6.07, 6.45) is 1.81. The van der Waals surface area contributed by atoms with E-state index in [1.54, 1.807) is 27.1 Å². The van der Waals surface area contributed by atoms with Crippen LogP contribution in [-0.4, -0.2) is 21.6 Å². The molecule has 0 radical (unpaired) electrons. The lowest BCUT2D eigenvalue weighted by Crippen LogP contribution is -2.35. The molecule has 2 heterocycles. The smallest absolute Gasteiger partial charge is 0.241 e. The molecule has 0 unspecified atom stereocenters. The number of amides is 2. The van der Waals surface area contributed by atoms with Crippen LogP contribution in [0.2, 0.25) is 0 Å². The van der Waals surface area contributed by atoms with E-state index >= 15 is 0 Å². The molecule has 2 N–H and O–H groups in total. The maximum atomic E-state index is 12.2. The number of nitrogens with zero attached hydrogens (tertiary/aromatic N) is 3. The number of aryl methyl sites for hydroxylation is 1. The van der Waals surface area contributed by atoms with Crippen LogP contribution in [0.25, 0.3) is 0 Å². The van der Waals surface area contributed by atoms with Gasteiger partial charge in [-0.05, 0) is 0 Å². The van der Waals surface area contributed by atoms with Crippen molar-refractivity contribution in [3.63, 3.8) is 0 Å². The van der Waals surface area contributed by atoms with E-state index in [-0.39, 0.29) is 24.8 Å². The van der Waals surface area contributed by atoms with Crippen molar-refractivity contribution in [1.82, 2.24) is 9.78 Å². The van der Waals surface area contributed by atoms with Gasteiger partial charge in [0.1, 0.15) is 5.82 Å². The SMILES string of the molecule is Cn1ncc(CN)c1N1C(=O)CC(C)(C)C1=O. The number of carbonyl (C=O) groups is 2. The van der Waals surface area contributed by atoms with Crippen LogP contribution in [-0.2, 0) is 23.2 Å². The third-order valence-corrected chi connectivity index (χ3v) is 3.04. The van der Waals surface area contributed by atoms with Crippen molar-refractivity contribution < 1.29 is 9.59 Å². The summed E-state index contributed by atoms with van der Waals surface area (Å²) in [6, 6.07) is 0. The molecule has 0 saturated carbocycles. The molecule has 6 heteroatoms. The van der Waals surface area contributed by atoms with Gasteiger partial charge in [0.15, 0.2) is 0 Å². The summed E-state index contributed by atoms with van der Waals surface area (Å²) < 4.78 is 1.51. The lowest BCUT2D eigenvalue weighted by Gasteiger charge is -2.18. The van der Waals surface area contributed by atoms with Gasteiger partial charge in [0.2, 0.25) is 11.8 Å². The number of rotatable bonds is 2. The quantitative estimate of drug-likeness (QED) is 0.742. The highest BCUT2D eigenvalue weighted by atomic mass is 16.2. The lowest BCUT2D eigenvalue weighted by molar-refractivity contribution is -0.124. The maximum Gasteiger partial charge on any atom is 0.241 e. The first-order valence-corrected chi connectivity index (χ1v) is 5.47. The molecular formula is C11H16N4O2. The number of hydrogen-bond acceptors (Lipinski definition) is 4. The van der Waals surface area contributed by atoms with E-state index in [2.05, 4.69) is 5.10 Å².